The molecule has 0 saturated carbocycles. The SMILES string of the molecule is CC(=O)Nc1cc(Oc2ccc(Nc3ncccc3C(=O)Nc3ccc(F)cc3)cc2C)ccn1. The summed E-state index contributed by atoms with van der Waals surface area (Å²) in [4.78, 5) is 32.4. The number of benzene rings is 2. The zero-order valence-electron chi connectivity index (χ0n) is 19.0. The molecule has 8 nitrogen and oxygen atoms in total. The third kappa shape index (κ3) is 6.17. The lowest BCUT2D eigenvalue weighted by Gasteiger charge is -2.14. The van der Waals surface area contributed by atoms with E-state index in [1.54, 1.807) is 48.8 Å². The first kappa shape index (κ1) is 23.4. The van der Waals surface area contributed by atoms with Gasteiger partial charge in [-0.25, -0.2) is 14.4 Å². The van der Waals surface area contributed by atoms with Gasteiger partial charge in [0.2, 0.25) is 5.91 Å². The van der Waals surface area contributed by atoms with Gasteiger partial charge in [0.1, 0.15) is 29.0 Å². The number of aromatic nitrogens is 2. The third-order valence-corrected chi connectivity index (χ3v) is 4.86. The van der Waals surface area contributed by atoms with Gasteiger partial charge in [-0.1, -0.05) is 0 Å². The molecule has 35 heavy (non-hydrogen) atoms. The molecular formula is C26H22FN5O3. The second kappa shape index (κ2) is 10.4. The van der Waals surface area contributed by atoms with Crippen molar-refractivity contribution in [1.82, 2.24) is 9.97 Å². The lowest BCUT2D eigenvalue weighted by molar-refractivity contribution is -0.114. The largest absolute Gasteiger partial charge is 0.457 e. The average molecular weight is 471 g/mol. The Kier molecular flexibility index (Phi) is 6.96. The molecule has 2 amide bonds. The Balaban J connectivity index is 1.49. The van der Waals surface area contributed by atoms with Crippen molar-refractivity contribution in [2.75, 3.05) is 16.0 Å². The maximum absolute atomic E-state index is 13.1. The van der Waals surface area contributed by atoms with Crippen LogP contribution in [0.5, 0.6) is 11.5 Å². The Morgan fingerprint density at radius 3 is 2.40 bits per heavy atom. The number of amides is 2. The molecule has 0 unspecified atom stereocenters. The van der Waals surface area contributed by atoms with Crippen molar-refractivity contribution < 1.29 is 18.7 Å². The number of halogens is 1. The molecule has 2 aromatic carbocycles. The number of hydrogen-bond acceptors (Lipinski definition) is 6. The summed E-state index contributed by atoms with van der Waals surface area (Å²) >= 11 is 0. The average Bonchev–Trinajstić information content (AvgIpc) is 2.82. The van der Waals surface area contributed by atoms with Crippen LogP contribution in [0.3, 0.4) is 0 Å². The highest BCUT2D eigenvalue weighted by Gasteiger charge is 2.14. The first-order valence-corrected chi connectivity index (χ1v) is 10.7. The van der Waals surface area contributed by atoms with E-state index in [4.69, 9.17) is 4.74 Å². The quantitative estimate of drug-likeness (QED) is 0.321. The minimum absolute atomic E-state index is 0.221. The van der Waals surface area contributed by atoms with Gasteiger partial charge >= 0.3 is 0 Å². The highest BCUT2D eigenvalue weighted by Crippen LogP contribution is 2.29. The standard InChI is InChI=1S/C26H22FN5O3/c1-16-14-20(9-10-23(16)35-21-11-13-28-24(15-21)30-17(2)33)31-25-22(4-3-12-29-25)26(34)32-19-7-5-18(27)6-8-19/h3-15H,1-2H3,(H,29,31)(H,32,34)(H,28,30,33). The second-order valence-electron chi connectivity index (χ2n) is 7.63. The van der Waals surface area contributed by atoms with Gasteiger partial charge in [-0.3, -0.25) is 9.59 Å². The van der Waals surface area contributed by atoms with E-state index in [-0.39, 0.29) is 17.6 Å². The molecule has 2 heterocycles. The molecule has 0 atom stereocenters. The second-order valence-corrected chi connectivity index (χ2v) is 7.63. The molecular weight excluding hydrogens is 449 g/mol. The van der Waals surface area contributed by atoms with Crippen molar-refractivity contribution in [2.24, 2.45) is 0 Å². The van der Waals surface area contributed by atoms with Crippen LogP contribution in [0.1, 0.15) is 22.8 Å². The topological polar surface area (TPSA) is 105 Å². The van der Waals surface area contributed by atoms with E-state index in [2.05, 4.69) is 25.9 Å². The Hall–Kier alpha value is -4.79. The molecule has 0 aliphatic heterocycles. The predicted octanol–water partition coefficient (Wildman–Crippen LogP) is 5.67. The van der Waals surface area contributed by atoms with E-state index in [1.165, 1.54) is 31.2 Å². The molecule has 0 aliphatic carbocycles. The molecule has 0 fully saturated rings. The van der Waals surface area contributed by atoms with E-state index >= 15 is 0 Å². The van der Waals surface area contributed by atoms with Crippen LogP contribution >= 0.6 is 0 Å². The molecule has 0 saturated heterocycles. The predicted molar refractivity (Wildman–Crippen MR) is 132 cm³/mol. The van der Waals surface area contributed by atoms with Crippen molar-refractivity contribution in [3.05, 3.63) is 96.1 Å². The molecule has 176 valence electrons. The van der Waals surface area contributed by atoms with Crippen molar-refractivity contribution in [3.63, 3.8) is 0 Å². The van der Waals surface area contributed by atoms with Crippen LogP contribution in [-0.4, -0.2) is 21.8 Å². The van der Waals surface area contributed by atoms with E-state index in [0.29, 0.717) is 40.1 Å². The summed E-state index contributed by atoms with van der Waals surface area (Å²) in [6.07, 6.45) is 3.13. The van der Waals surface area contributed by atoms with Crippen LogP contribution < -0.4 is 20.7 Å². The molecule has 9 heteroatoms. The first-order chi connectivity index (χ1) is 16.9. The van der Waals surface area contributed by atoms with Crippen molar-refractivity contribution >= 4 is 34.8 Å². The molecule has 4 rings (SSSR count). The van der Waals surface area contributed by atoms with Crippen LogP contribution in [0.15, 0.2) is 79.1 Å². The molecule has 0 bridgehead atoms. The van der Waals surface area contributed by atoms with Crippen LogP contribution in [0.25, 0.3) is 0 Å². The molecule has 3 N–H and O–H groups in total. The molecule has 0 aliphatic rings. The Bertz CT molecular complexity index is 1380. The highest BCUT2D eigenvalue weighted by atomic mass is 19.1. The summed E-state index contributed by atoms with van der Waals surface area (Å²) < 4.78 is 19.1. The highest BCUT2D eigenvalue weighted by molar-refractivity contribution is 6.07. The van der Waals surface area contributed by atoms with E-state index in [1.807, 2.05) is 13.0 Å². The smallest absolute Gasteiger partial charge is 0.259 e. The van der Waals surface area contributed by atoms with Crippen LogP contribution in [0.2, 0.25) is 0 Å². The number of pyridine rings is 2. The lowest BCUT2D eigenvalue weighted by Crippen LogP contribution is -2.14. The Morgan fingerprint density at radius 2 is 1.66 bits per heavy atom. The number of carbonyl (C=O) groups is 2. The maximum Gasteiger partial charge on any atom is 0.259 e. The first-order valence-electron chi connectivity index (χ1n) is 10.7. The van der Waals surface area contributed by atoms with Gasteiger partial charge in [-0.2, -0.15) is 0 Å². The molecule has 4 aromatic rings. The summed E-state index contributed by atoms with van der Waals surface area (Å²) in [7, 11) is 0. The van der Waals surface area contributed by atoms with Gasteiger partial charge in [0, 0.05) is 36.8 Å². The number of anilines is 4. The fourth-order valence-corrected chi connectivity index (χ4v) is 3.25. The maximum atomic E-state index is 13.1. The fourth-order valence-electron chi connectivity index (χ4n) is 3.25. The van der Waals surface area contributed by atoms with E-state index in [0.717, 1.165) is 5.56 Å². The monoisotopic (exact) mass is 471 g/mol. The van der Waals surface area contributed by atoms with E-state index < -0.39 is 0 Å². The van der Waals surface area contributed by atoms with Gasteiger partial charge in [0.25, 0.3) is 5.91 Å². The summed E-state index contributed by atoms with van der Waals surface area (Å²) in [5.41, 5.74) is 2.34. The number of nitrogens with one attached hydrogen (secondary N) is 3. The minimum Gasteiger partial charge on any atom is -0.457 e. The van der Waals surface area contributed by atoms with Gasteiger partial charge in [0.05, 0.1) is 5.56 Å². The number of aryl methyl sites for hydroxylation is 1. The van der Waals surface area contributed by atoms with Gasteiger partial charge < -0.3 is 20.7 Å². The van der Waals surface area contributed by atoms with E-state index in [9.17, 15) is 14.0 Å². The molecule has 0 radical (unpaired) electrons. The van der Waals surface area contributed by atoms with Crippen LogP contribution in [0.4, 0.5) is 27.4 Å². The Morgan fingerprint density at radius 1 is 0.886 bits per heavy atom. The Labute approximate surface area is 201 Å². The van der Waals surface area contributed by atoms with Crippen molar-refractivity contribution in [2.45, 2.75) is 13.8 Å². The summed E-state index contributed by atoms with van der Waals surface area (Å²) in [6.45, 7) is 3.29. The zero-order valence-corrected chi connectivity index (χ0v) is 19.0. The minimum atomic E-state index is -0.383. The number of rotatable bonds is 7. The van der Waals surface area contributed by atoms with Crippen molar-refractivity contribution in [3.8, 4) is 11.5 Å². The fraction of sp³-hybridized carbons (Fsp3) is 0.0769. The zero-order chi connectivity index (χ0) is 24.8. The summed E-state index contributed by atoms with van der Waals surface area (Å²) in [5, 5.41) is 8.52. The third-order valence-electron chi connectivity index (χ3n) is 4.86. The summed E-state index contributed by atoms with van der Waals surface area (Å²) in [6, 6.07) is 17.6. The normalized spacial score (nSPS) is 10.4. The van der Waals surface area contributed by atoms with Gasteiger partial charge in [-0.15, -0.1) is 0 Å². The van der Waals surface area contributed by atoms with Crippen LogP contribution in [-0.2, 0) is 4.79 Å². The van der Waals surface area contributed by atoms with Gasteiger partial charge in [-0.05, 0) is 73.2 Å². The number of nitrogens with zero attached hydrogens (tertiary/aromatic N) is 2. The van der Waals surface area contributed by atoms with Gasteiger partial charge in [0.15, 0.2) is 0 Å². The lowest BCUT2D eigenvalue weighted by atomic mass is 10.1. The number of carbonyl (C=O) groups excluding carboxylic acids is 2. The number of hydrogen-bond donors (Lipinski definition) is 3. The van der Waals surface area contributed by atoms with Crippen LogP contribution in [0, 0.1) is 12.7 Å². The number of ether oxygens (including phenoxy) is 1. The van der Waals surface area contributed by atoms with Crippen molar-refractivity contribution in [1.29, 1.82) is 0 Å². The molecule has 0 spiro atoms. The summed E-state index contributed by atoms with van der Waals surface area (Å²) in [5.74, 6) is 0.925. The molecule has 2 aromatic heterocycles.